The van der Waals surface area contributed by atoms with E-state index in [9.17, 15) is 14.4 Å². The van der Waals surface area contributed by atoms with Crippen LogP contribution in [0.25, 0.3) is 118 Å². The van der Waals surface area contributed by atoms with E-state index in [1.54, 1.807) is 0 Å². The zero-order chi connectivity index (χ0) is 88.3. The number of Topliss-reactive ketones (excluding diaryl/α,β-unsaturated/α-hetero) is 3. The van der Waals surface area contributed by atoms with Gasteiger partial charge in [-0.25, -0.2) is 15.0 Å². The van der Waals surface area contributed by atoms with E-state index in [4.69, 9.17) is 29.9 Å². The minimum Gasteiger partial charge on any atom is -0.355 e. The van der Waals surface area contributed by atoms with Gasteiger partial charge in [-0.2, -0.15) is 0 Å². The van der Waals surface area contributed by atoms with Crippen LogP contribution in [0.3, 0.4) is 0 Å². The number of carbonyl (C=O) groups excluding carboxylic acids is 6. The number of amides is 3. The lowest BCUT2D eigenvalue weighted by Gasteiger charge is -2.27. The number of aromatic nitrogens is 12. The Hall–Kier alpha value is -12.8. The van der Waals surface area contributed by atoms with Crippen molar-refractivity contribution >= 4 is 153 Å². The van der Waals surface area contributed by atoms with Gasteiger partial charge in [-0.3, -0.25) is 43.7 Å². The van der Waals surface area contributed by atoms with E-state index < -0.39 is 0 Å². The molecule has 6 N–H and O–H groups in total. The molecule has 9 aromatic heterocycles. The Morgan fingerprint density at radius 1 is 0.349 bits per heavy atom. The summed E-state index contributed by atoms with van der Waals surface area (Å²) in [5.74, 6) is -1.69. The molecule has 7 aliphatic heterocycles. The van der Waals surface area contributed by atoms with Crippen molar-refractivity contribution in [1.29, 1.82) is 0 Å². The summed E-state index contributed by atoms with van der Waals surface area (Å²) < 4.78 is 0. The van der Waals surface area contributed by atoms with Crippen molar-refractivity contribution < 1.29 is 28.8 Å². The lowest BCUT2D eigenvalue weighted by atomic mass is 9.85. The first-order chi connectivity index (χ1) is 60.6. The maximum atomic E-state index is 15.8. The molecule has 19 rings (SSSR count). The third kappa shape index (κ3) is 13.4. The number of allylic oxidation sites excluding steroid dienone is 6. The van der Waals surface area contributed by atoms with Crippen molar-refractivity contribution in [2.45, 2.75) is 216 Å². The molecule has 21 nitrogen and oxygen atoms in total. The van der Waals surface area contributed by atoms with Gasteiger partial charge in [0.15, 0.2) is 17.3 Å². The van der Waals surface area contributed by atoms with E-state index in [1.165, 1.54) is 0 Å². The van der Waals surface area contributed by atoms with E-state index in [1.807, 2.05) is 53.7 Å². The first-order valence-electron chi connectivity index (χ1n) is 45.3. The van der Waals surface area contributed by atoms with E-state index in [0.717, 1.165) is 254 Å². The Balaban J connectivity index is 0.669. The second-order valence-corrected chi connectivity index (χ2v) is 36.6. The van der Waals surface area contributed by atoms with Crippen molar-refractivity contribution in [2.24, 2.45) is 0 Å². The van der Waals surface area contributed by atoms with Gasteiger partial charge < -0.3 is 44.6 Å². The second-order valence-electron chi connectivity index (χ2n) is 36.6. The maximum Gasteiger partial charge on any atom is 0.222 e. The molecule has 642 valence electrons. The summed E-state index contributed by atoms with van der Waals surface area (Å²) in [6.07, 6.45) is 10.0. The summed E-state index contributed by atoms with van der Waals surface area (Å²) in [6, 6.07) is 18.9. The molecular weight excluding hydrogens is 1570 g/mol. The molecule has 0 radical (unpaired) electrons. The summed E-state index contributed by atoms with van der Waals surface area (Å²) in [6.45, 7) is 45.6. The fraction of sp³-hybridized carbons (Fsp3) is 0.371. The van der Waals surface area contributed by atoms with Gasteiger partial charge in [-0.1, -0.05) is 79.5 Å². The predicted molar refractivity (Wildman–Crippen MR) is 505 cm³/mol. The number of aromatic amines is 6. The molecule has 21 heteroatoms. The molecule has 10 aliphatic rings. The van der Waals surface area contributed by atoms with Crippen molar-refractivity contribution in [3.8, 4) is 0 Å². The molecule has 0 unspecified atom stereocenters. The Labute approximate surface area is 733 Å². The van der Waals surface area contributed by atoms with Gasteiger partial charge in [-0.15, -0.1) is 0 Å². The number of hydrogen-bond donors (Lipinski definition) is 6. The molecule has 0 saturated carbocycles. The Bertz CT molecular complexity index is 6410. The van der Waals surface area contributed by atoms with Gasteiger partial charge >= 0.3 is 0 Å². The first-order valence-corrected chi connectivity index (χ1v) is 45.3. The molecule has 0 aromatic carbocycles. The van der Waals surface area contributed by atoms with Crippen LogP contribution in [0.2, 0.25) is 0 Å². The average Bonchev–Trinajstić information content (AvgIpc) is 1.59. The minimum atomic E-state index is -0.279. The van der Waals surface area contributed by atoms with Crippen LogP contribution in [0.4, 0.5) is 0 Å². The summed E-state index contributed by atoms with van der Waals surface area (Å²) in [5.41, 5.74) is 39.7. The highest BCUT2D eigenvalue weighted by atomic mass is 16.2. The van der Waals surface area contributed by atoms with Crippen LogP contribution >= 0.6 is 0 Å². The highest BCUT2D eigenvalue weighted by molar-refractivity contribution is 6.15. The van der Waals surface area contributed by atoms with Crippen LogP contribution in [0.15, 0.2) is 74.3 Å². The number of fused-ring (bicyclic) bond motifs is 24. The summed E-state index contributed by atoms with van der Waals surface area (Å²) in [4.78, 5) is 151. The number of nitrogens with one attached hydrogen (secondary N) is 6. The molecule has 24 bridgehead atoms. The zero-order valence-corrected chi connectivity index (χ0v) is 75.2. The third-order valence-corrected chi connectivity index (χ3v) is 30.0. The van der Waals surface area contributed by atoms with Crippen LogP contribution in [-0.2, 0) is 33.6 Å². The predicted octanol–water partition coefficient (Wildman–Crippen LogP) is 21.5. The fourth-order valence-electron chi connectivity index (χ4n) is 22.4. The first kappa shape index (κ1) is 82.8. The number of aryl methyl sites for hydroxylation is 6. The summed E-state index contributed by atoms with van der Waals surface area (Å²) in [7, 11) is 0. The van der Waals surface area contributed by atoms with Crippen LogP contribution in [0, 0.1) is 41.5 Å². The van der Waals surface area contributed by atoms with Crippen LogP contribution in [0.1, 0.15) is 322 Å². The monoisotopic (exact) mass is 1680 g/mol. The molecule has 1 saturated heterocycles. The lowest BCUT2D eigenvalue weighted by molar-refractivity contribution is -0.135. The van der Waals surface area contributed by atoms with Crippen LogP contribution in [0.5, 0.6) is 0 Å². The van der Waals surface area contributed by atoms with Crippen molar-refractivity contribution in [1.82, 2.24) is 74.5 Å². The Morgan fingerprint density at radius 3 is 0.841 bits per heavy atom. The zero-order valence-electron chi connectivity index (χ0n) is 75.2. The topological polar surface area (TPSA) is 284 Å². The highest BCUT2D eigenvalue weighted by Crippen LogP contribution is 2.50. The van der Waals surface area contributed by atoms with Gasteiger partial charge in [0.25, 0.3) is 0 Å². The maximum absolute atomic E-state index is 15.8. The Morgan fingerprint density at radius 2 is 0.595 bits per heavy atom. The van der Waals surface area contributed by atoms with Gasteiger partial charge in [-0.05, 0) is 222 Å². The number of rotatable bonds is 15. The minimum absolute atomic E-state index is 0.0163. The molecule has 9 aromatic rings. The van der Waals surface area contributed by atoms with Crippen molar-refractivity contribution in [2.75, 3.05) is 39.3 Å². The quantitative estimate of drug-likeness (QED) is 0.0559. The van der Waals surface area contributed by atoms with Crippen LogP contribution < -0.4 is 0 Å². The largest absolute Gasteiger partial charge is 0.355 e. The molecule has 1 fully saturated rings. The van der Waals surface area contributed by atoms with Gasteiger partial charge in [0, 0.05) is 230 Å². The van der Waals surface area contributed by atoms with Gasteiger partial charge in [0.05, 0.1) is 67.8 Å². The molecule has 16 heterocycles. The summed E-state index contributed by atoms with van der Waals surface area (Å²) >= 11 is 0. The molecule has 3 aliphatic carbocycles. The van der Waals surface area contributed by atoms with E-state index in [2.05, 4.69) is 187 Å². The smallest absolute Gasteiger partial charge is 0.222 e. The SMILES string of the molecule is C=Cc1c(C)c2cc3nc(c4c5[nH]c(cc6nc(cc1[nH]2)C(C)=C6CC)c(C)c5C(=O)C4)[C@@H](CCC(=O)N1CCN(C(=O)CC[C@@H]2c4nc(cc5[nH]c(cc6nc(cc7[nH]c8c4CC(=O)c8c7C)C(CC)=C6C)c(C=C)c5C)[C@H]2C)CCN(C(=O)CC[C@@H]2c4nc(cc5[nH]c(cc6nc(cc7[nH]c8c4CC(=O)c8c7C)C(CC)=C6C)c(C=C)c5C)[C@H]2C)CC1)[C@@H]3C. The fourth-order valence-corrected chi connectivity index (χ4v) is 22.4. The van der Waals surface area contributed by atoms with E-state index in [0.29, 0.717) is 36.0 Å². The average molecular weight is 1680 g/mol. The molecule has 3 amide bonds. The van der Waals surface area contributed by atoms with Gasteiger partial charge in [0.2, 0.25) is 17.7 Å². The second kappa shape index (κ2) is 31.7. The Kier molecular flexibility index (Phi) is 20.8. The van der Waals surface area contributed by atoms with Gasteiger partial charge in [0.1, 0.15) is 0 Å². The number of carbonyl (C=O) groups is 6. The van der Waals surface area contributed by atoms with E-state index in [-0.39, 0.29) is 148 Å². The van der Waals surface area contributed by atoms with Crippen LogP contribution in [-0.4, -0.2) is 149 Å². The van der Waals surface area contributed by atoms with Crippen molar-refractivity contribution in [3.63, 3.8) is 0 Å². The number of ketones is 3. The number of H-pyrrole nitrogens is 6. The standard InChI is InChI=1S/C105H111N15O6/c1-19-61-49(7)73-40-79-55(13)67(100(112-79)70-37-91(121)97-58(16)82(115-103(70)97)46-88-64(22-4)52(10)76(109-88)43-85(61)106-73)25-28-94(124)118-31-33-119(95(125)29-26-68-56(14)80-41-74-50(8)62(20-2)86(107-74)44-77-53(11)65(23-5)89(110-77)47-83-59(17)98-92(122)38-71(101(68)113-80)104(98)116-83)35-36-120(34-32-118)96(126)30-27-69-57(15)81-42-75-51(9)63(21-3)87(108-75)45-78-54(12)66(24-6)90(111-78)48-84-60(18)99-93(123)39-72(102(69)114-81)105(99)117-84/h19-21,40-48,55-57,67-69,106-108,115-117H,1-3,22-39H2,4-18H3/t55-,56-,57-,67-,68-,69-/m0/s1. The third-order valence-electron chi connectivity index (χ3n) is 30.0. The van der Waals surface area contributed by atoms with E-state index >= 15 is 14.4 Å². The summed E-state index contributed by atoms with van der Waals surface area (Å²) in [5, 5.41) is 0. The molecular formula is C105H111N15O6. The molecule has 0 spiro atoms. The molecule has 6 atom stereocenters. The normalized spacial score (nSPS) is 19.2. The number of nitrogens with zero attached hydrogens (tertiary/aromatic N) is 9. The lowest BCUT2D eigenvalue weighted by Crippen LogP contribution is -2.41. The molecule has 126 heavy (non-hydrogen) atoms. The number of hydrogen-bond acceptors (Lipinski definition) is 12. The van der Waals surface area contributed by atoms with Crippen molar-refractivity contribution in [3.05, 3.63) is 226 Å². The highest BCUT2D eigenvalue weighted by Gasteiger charge is 2.42.